The molecule has 4 heteroatoms. The number of hydrogen-bond acceptors (Lipinski definition) is 4. The Morgan fingerprint density at radius 3 is 2.70 bits per heavy atom. The van der Waals surface area contributed by atoms with Gasteiger partial charge in [0.15, 0.2) is 11.5 Å². The molecule has 2 aliphatic rings. The number of fused-ring (bicyclic) bond motifs is 1. The molecule has 1 aliphatic carbocycles. The Kier molecular flexibility index (Phi) is 4.73. The van der Waals surface area contributed by atoms with Gasteiger partial charge in [0, 0.05) is 16.2 Å². The highest BCUT2D eigenvalue weighted by atomic mass is 32.2. The van der Waals surface area contributed by atoms with Gasteiger partial charge in [-0.05, 0) is 38.1 Å². The van der Waals surface area contributed by atoms with E-state index in [1.165, 1.54) is 37.0 Å². The Bertz CT molecular complexity index is 452. The van der Waals surface area contributed by atoms with Crippen molar-refractivity contribution in [2.45, 2.75) is 48.3 Å². The van der Waals surface area contributed by atoms with E-state index in [9.17, 15) is 0 Å². The molecule has 0 saturated heterocycles. The molecule has 20 heavy (non-hydrogen) atoms. The van der Waals surface area contributed by atoms with Gasteiger partial charge in [-0.25, -0.2) is 0 Å². The molecule has 3 rings (SSSR count). The molecule has 110 valence electrons. The molecule has 1 saturated carbocycles. The Balaban J connectivity index is 1.72. The van der Waals surface area contributed by atoms with Gasteiger partial charge in [-0.1, -0.05) is 19.3 Å². The van der Waals surface area contributed by atoms with Gasteiger partial charge in [-0.15, -0.1) is 11.8 Å². The molecule has 0 radical (unpaired) electrons. The normalized spacial score (nSPS) is 26.1. The summed E-state index contributed by atoms with van der Waals surface area (Å²) in [4.78, 5) is 1.29. The third kappa shape index (κ3) is 3.23. The van der Waals surface area contributed by atoms with Crippen LogP contribution in [-0.4, -0.2) is 31.6 Å². The van der Waals surface area contributed by atoms with Crippen LogP contribution in [0, 0.1) is 0 Å². The maximum absolute atomic E-state index is 5.68. The van der Waals surface area contributed by atoms with Crippen molar-refractivity contribution in [2.24, 2.45) is 0 Å². The van der Waals surface area contributed by atoms with E-state index in [-0.39, 0.29) is 0 Å². The van der Waals surface area contributed by atoms with Gasteiger partial charge >= 0.3 is 0 Å². The van der Waals surface area contributed by atoms with Gasteiger partial charge in [-0.3, -0.25) is 0 Å². The van der Waals surface area contributed by atoms with Crippen LogP contribution in [-0.2, 0) is 0 Å². The number of rotatable bonds is 3. The molecule has 1 fully saturated rings. The number of hydrogen-bond donors (Lipinski definition) is 1. The van der Waals surface area contributed by atoms with E-state index in [1.54, 1.807) is 0 Å². The van der Waals surface area contributed by atoms with Crippen molar-refractivity contribution in [3.63, 3.8) is 0 Å². The Morgan fingerprint density at radius 2 is 1.85 bits per heavy atom. The van der Waals surface area contributed by atoms with Crippen molar-refractivity contribution in [2.75, 3.05) is 20.3 Å². The van der Waals surface area contributed by atoms with Crippen LogP contribution in [0.1, 0.15) is 32.1 Å². The molecule has 0 bridgehead atoms. The summed E-state index contributed by atoms with van der Waals surface area (Å²) >= 11 is 1.99. The molecule has 2 atom stereocenters. The first-order valence-electron chi connectivity index (χ1n) is 7.60. The molecule has 3 nitrogen and oxygen atoms in total. The molecule has 2 unspecified atom stereocenters. The third-order valence-corrected chi connectivity index (χ3v) is 5.52. The highest BCUT2D eigenvalue weighted by Gasteiger charge is 2.24. The van der Waals surface area contributed by atoms with E-state index in [0.717, 1.165) is 11.5 Å². The first-order chi connectivity index (χ1) is 9.86. The molecule has 1 heterocycles. The second-order valence-corrected chi connectivity index (χ2v) is 6.81. The highest BCUT2D eigenvalue weighted by Crippen LogP contribution is 2.38. The summed E-state index contributed by atoms with van der Waals surface area (Å²) in [6.45, 7) is 1.31. The minimum absolute atomic E-state index is 0.621. The quantitative estimate of drug-likeness (QED) is 0.865. The molecular weight excluding hydrogens is 270 g/mol. The van der Waals surface area contributed by atoms with Gasteiger partial charge in [-0.2, -0.15) is 0 Å². The van der Waals surface area contributed by atoms with Crippen molar-refractivity contribution < 1.29 is 9.47 Å². The van der Waals surface area contributed by atoms with E-state index in [0.29, 0.717) is 24.5 Å². The minimum atomic E-state index is 0.621. The summed E-state index contributed by atoms with van der Waals surface area (Å²) in [5.74, 6) is 1.78. The maximum atomic E-state index is 5.68. The average molecular weight is 293 g/mol. The fraction of sp³-hybridized carbons (Fsp3) is 0.625. The highest BCUT2D eigenvalue weighted by molar-refractivity contribution is 8.00. The average Bonchev–Trinajstić information content (AvgIpc) is 2.72. The van der Waals surface area contributed by atoms with Gasteiger partial charge in [0.1, 0.15) is 13.2 Å². The monoisotopic (exact) mass is 293 g/mol. The molecule has 0 aromatic heterocycles. The van der Waals surface area contributed by atoms with E-state index in [4.69, 9.17) is 9.47 Å². The lowest BCUT2D eigenvalue weighted by atomic mass is 10.1. The van der Waals surface area contributed by atoms with Crippen LogP contribution < -0.4 is 14.8 Å². The molecule has 1 aromatic carbocycles. The lowest BCUT2D eigenvalue weighted by Crippen LogP contribution is -2.34. The van der Waals surface area contributed by atoms with Gasteiger partial charge < -0.3 is 14.8 Å². The lowest BCUT2D eigenvalue weighted by Gasteiger charge is -2.25. The summed E-state index contributed by atoms with van der Waals surface area (Å²) in [5, 5.41) is 4.16. The zero-order valence-electron chi connectivity index (χ0n) is 12.1. The molecule has 1 aliphatic heterocycles. The van der Waals surface area contributed by atoms with Crippen molar-refractivity contribution in [1.29, 1.82) is 0 Å². The molecular formula is C16H23NO2S. The summed E-state index contributed by atoms with van der Waals surface area (Å²) in [7, 11) is 2.09. The number of thioether (sulfide) groups is 1. The smallest absolute Gasteiger partial charge is 0.162 e. The largest absolute Gasteiger partial charge is 0.486 e. The minimum Gasteiger partial charge on any atom is -0.486 e. The van der Waals surface area contributed by atoms with E-state index in [2.05, 4.69) is 24.5 Å². The van der Waals surface area contributed by atoms with Crippen molar-refractivity contribution >= 4 is 11.8 Å². The zero-order chi connectivity index (χ0) is 13.8. The fourth-order valence-electron chi connectivity index (χ4n) is 3.02. The third-order valence-electron chi connectivity index (χ3n) is 4.12. The van der Waals surface area contributed by atoms with E-state index >= 15 is 0 Å². The SMILES string of the molecule is CNC1CCCCCC1Sc1ccc2c(c1)OCCO2. The number of nitrogens with one attached hydrogen (secondary N) is 1. The van der Waals surface area contributed by atoms with Gasteiger partial charge in [0.05, 0.1) is 0 Å². The molecule has 1 aromatic rings. The van der Waals surface area contributed by atoms with Crippen LogP contribution >= 0.6 is 11.8 Å². The maximum Gasteiger partial charge on any atom is 0.162 e. The fourth-order valence-corrected chi connectivity index (χ4v) is 4.41. The molecule has 0 spiro atoms. The molecule has 0 amide bonds. The Hall–Kier alpha value is -0.870. The topological polar surface area (TPSA) is 30.5 Å². The molecule has 1 N–H and O–H groups in total. The summed E-state index contributed by atoms with van der Waals surface area (Å²) in [6, 6.07) is 6.96. The zero-order valence-corrected chi connectivity index (χ0v) is 12.9. The Morgan fingerprint density at radius 1 is 1.05 bits per heavy atom. The Labute approximate surface area is 125 Å². The first-order valence-corrected chi connectivity index (χ1v) is 8.48. The number of benzene rings is 1. The van der Waals surface area contributed by atoms with Crippen LogP contribution in [0.3, 0.4) is 0 Å². The van der Waals surface area contributed by atoms with Gasteiger partial charge in [0.2, 0.25) is 0 Å². The summed E-state index contributed by atoms with van der Waals surface area (Å²) < 4.78 is 11.3. The summed E-state index contributed by atoms with van der Waals surface area (Å²) in [5.41, 5.74) is 0. The van der Waals surface area contributed by atoms with E-state index in [1.807, 2.05) is 17.8 Å². The van der Waals surface area contributed by atoms with Crippen molar-refractivity contribution in [3.8, 4) is 11.5 Å². The summed E-state index contributed by atoms with van der Waals surface area (Å²) in [6.07, 6.45) is 6.66. The predicted molar refractivity (Wildman–Crippen MR) is 83.0 cm³/mol. The number of ether oxygens (including phenoxy) is 2. The van der Waals surface area contributed by atoms with Crippen LogP contribution in [0.2, 0.25) is 0 Å². The van der Waals surface area contributed by atoms with Crippen molar-refractivity contribution in [3.05, 3.63) is 18.2 Å². The standard InChI is InChI=1S/C16H23NO2S/c1-17-13-5-3-2-4-6-16(13)20-12-7-8-14-15(11-12)19-10-9-18-14/h7-8,11,13,16-17H,2-6,9-10H2,1H3. The second kappa shape index (κ2) is 6.72. The van der Waals surface area contributed by atoms with Crippen LogP contribution in [0.4, 0.5) is 0 Å². The predicted octanol–water partition coefficient (Wildman–Crippen LogP) is 3.47. The van der Waals surface area contributed by atoms with Crippen LogP contribution in [0.25, 0.3) is 0 Å². The van der Waals surface area contributed by atoms with Crippen molar-refractivity contribution in [1.82, 2.24) is 5.32 Å². The van der Waals surface area contributed by atoms with Gasteiger partial charge in [0.25, 0.3) is 0 Å². The van der Waals surface area contributed by atoms with E-state index < -0.39 is 0 Å². The van der Waals surface area contributed by atoms with Crippen LogP contribution in [0.5, 0.6) is 11.5 Å². The first kappa shape index (κ1) is 14.1. The lowest BCUT2D eigenvalue weighted by molar-refractivity contribution is 0.171. The second-order valence-electron chi connectivity index (χ2n) is 5.49. The van der Waals surface area contributed by atoms with Crippen LogP contribution in [0.15, 0.2) is 23.1 Å².